The number of carboxylic acids is 1. The molecular weight excluding hydrogens is 237 g/mol. The molecule has 5 heteroatoms. The number of carboxylic acid groups (broad SMARTS) is 1. The molecule has 0 saturated carbocycles. The van der Waals surface area contributed by atoms with Crippen LogP contribution in [0.3, 0.4) is 0 Å². The fourth-order valence-electron chi connectivity index (χ4n) is 2.21. The third kappa shape index (κ3) is 2.86. The molecule has 1 aliphatic heterocycles. The number of halogens is 1. The Balaban J connectivity index is 2.01. The van der Waals surface area contributed by atoms with Crippen LogP contribution in [0, 0.1) is 11.7 Å². The highest BCUT2D eigenvalue weighted by atomic mass is 19.1. The molecule has 98 valence electrons. The van der Waals surface area contributed by atoms with Gasteiger partial charge in [-0.15, -0.1) is 0 Å². The van der Waals surface area contributed by atoms with E-state index in [1.165, 1.54) is 12.1 Å². The second-order valence-corrected chi connectivity index (χ2v) is 4.59. The van der Waals surface area contributed by atoms with E-state index >= 15 is 0 Å². The highest BCUT2D eigenvalue weighted by Crippen LogP contribution is 2.20. The van der Waals surface area contributed by atoms with Crippen LogP contribution in [0.15, 0.2) is 24.3 Å². The van der Waals surface area contributed by atoms with E-state index in [1.807, 2.05) is 11.9 Å². The van der Waals surface area contributed by atoms with E-state index in [0.29, 0.717) is 13.2 Å². The van der Waals surface area contributed by atoms with Crippen LogP contribution in [0.25, 0.3) is 0 Å². The fraction of sp³-hybridized carbons (Fsp3) is 0.462. The van der Waals surface area contributed by atoms with E-state index in [2.05, 4.69) is 0 Å². The molecule has 1 heterocycles. The molecule has 1 aliphatic rings. The van der Waals surface area contributed by atoms with Crippen LogP contribution < -0.4 is 0 Å². The fourth-order valence-corrected chi connectivity index (χ4v) is 2.21. The quantitative estimate of drug-likeness (QED) is 0.880. The first-order valence-corrected chi connectivity index (χ1v) is 5.83. The standard InChI is InChI=1S/C13H16FNO3/c1-15(6-9-2-4-10(14)5-3-9)12-8-18-7-11(12)13(16)17/h2-5,11-12H,6-8H2,1H3,(H,16,17). The van der Waals surface area contributed by atoms with Crippen molar-refractivity contribution in [1.82, 2.24) is 4.90 Å². The molecular formula is C13H16FNO3. The second kappa shape index (κ2) is 5.46. The number of likely N-dealkylation sites (N-methyl/N-ethyl adjacent to an activating group) is 1. The molecule has 0 amide bonds. The van der Waals surface area contributed by atoms with E-state index in [-0.39, 0.29) is 18.5 Å². The van der Waals surface area contributed by atoms with Gasteiger partial charge >= 0.3 is 5.97 Å². The summed E-state index contributed by atoms with van der Waals surface area (Å²) in [6.45, 7) is 1.26. The molecule has 4 nitrogen and oxygen atoms in total. The molecule has 0 aromatic heterocycles. The lowest BCUT2D eigenvalue weighted by atomic mass is 10.0. The van der Waals surface area contributed by atoms with Gasteiger partial charge in [0.05, 0.1) is 19.1 Å². The van der Waals surface area contributed by atoms with Gasteiger partial charge in [-0.2, -0.15) is 0 Å². The zero-order valence-electron chi connectivity index (χ0n) is 10.2. The summed E-state index contributed by atoms with van der Waals surface area (Å²) in [5.41, 5.74) is 0.954. The molecule has 1 fully saturated rings. The van der Waals surface area contributed by atoms with Crippen molar-refractivity contribution < 1.29 is 19.0 Å². The first-order valence-electron chi connectivity index (χ1n) is 5.83. The van der Waals surface area contributed by atoms with E-state index in [0.717, 1.165) is 5.56 Å². The minimum absolute atomic E-state index is 0.132. The van der Waals surface area contributed by atoms with Crippen molar-refractivity contribution in [3.63, 3.8) is 0 Å². The largest absolute Gasteiger partial charge is 0.481 e. The zero-order chi connectivity index (χ0) is 13.1. The van der Waals surface area contributed by atoms with Gasteiger partial charge in [0.1, 0.15) is 5.82 Å². The molecule has 18 heavy (non-hydrogen) atoms. The lowest BCUT2D eigenvalue weighted by molar-refractivity contribution is -0.143. The monoisotopic (exact) mass is 253 g/mol. The van der Waals surface area contributed by atoms with Crippen molar-refractivity contribution >= 4 is 5.97 Å². The number of hydrogen-bond acceptors (Lipinski definition) is 3. The van der Waals surface area contributed by atoms with Gasteiger partial charge < -0.3 is 9.84 Å². The number of ether oxygens (including phenoxy) is 1. The summed E-state index contributed by atoms with van der Waals surface area (Å²) in [6, 6.07) is 6.09. The molecule has 1 saturated heterocycles. The minimum atomic E-state index is -0.830. The summed E-state index contributed by atoms with van der Waals surface area (Å²) >= 11 is 0. The maximum absolute atomic E-state index is 12.8. The van der Waals surface area contributed by atoms with Gasteiger partial charge in [0.2, 0.25) is 0 Å². The predicted molar refractivity (Wildman–Crippen MR) is 63.6 cm³/mol. The summed E-state index contributed by atoms with van der Waals surface area (Å²) < 4.78 is 18.0. The normalized spacial score (nSPS) is 23.5. The van der Waals surface area contributed by atoms with Gasteiger partial charge in [0.15, 0.2) is 0 Å². The van der Waals surface area contributed by atoms with Crippen LogP contribution >= 0.6 is 0 Å². The summed E-state index contributed by atoms with van der Waals surface area (Å²) in [5.74, 6) is -1.59. The Bertz CT molecular complexity index is 421. The lowest BCUT2D eigenvalue weighted by Gasteiger charge is -2.26. The van der Waals surface area contributed by atoms with Crippen LogP contribution in [0.2, 0.25) is 0 Å². The Hall–Kier alpha value is -1.46. The summed E-state index contributed by atoms with van der Waals surface area (Å²) in [6.07, 6.45) is 0. The maximum atomic E-state index is 12.8. The molecule has 2 atom stereocenters. The lowest BCUT2D eigenvalue weighted by Crippen LogP contribution is -2.40. The van der Waals surface area contributed by atoms with Crippen molar-refractivity contribution in [2.24, 2.45) is 5.92 Å². The van der Waals surface area contributed by atoms with Crippen molar-refractivity contribution in [3.05, 3.63) is 35.6 Å². The minimum Gasteiger partial charge on any atom is -0.481 e. The second-order valence-electron chi connectivity index (χ2n) is 4.59. The molecule has 1 aromatic carbocycles. The molecule has 0 bridgehead atoms. The molecule has 2 unspecified atom stereocenters. The summed E-state index contributed by atoms with van der Waals surface area (Å²) in [7, 11) is 1.86. The van der Waals surface area contributed by atoms with Gasteiger partial charge in [-0.3, -0.25) is 9.69 Å². The first kappa shape index (κ1) is 13.0. The van der Waals surface area contributed by atoms with E-state index in [9.17, 15) is 9.18 Å². The van der Waals surface area contributed by atoms with Crippen LogP contribution in [0.1, 0.15) is 5.56 Å². The number of hydrogen-bond donors (Lipinski definition) is 1. The molecule has 0 radical (unpaired) electrons. The smallest absolute Gasteiger partial charge is 0.310 e. The zero-order valence-corrected chi connectivity index (χ0v) is 10.2. The number of aliphatic carboxylic acids is 1. The topological polar surface area (TPSA) is 49.8 Å². The van der Waals surface area contributed by atoms with Gasteiger partial charge in [0, 0.05) is 12.6 Å². The number of rotatable bonds is 4. The van der Waals surface area contributed by atoms with Crippen LogP contribution in [-0.4, -0.2) is 42.3 Å². The van der Waals surface area contributed by atoms with Crippen LogP contribution in [0.5, 0.6) is 0 Å². The summed E-state index contributed by atoms with van der Waals surface area (Å²) in [5, 5.41) is 9.08. The molecule has 2 rings (SSSR count). The first-order chi connectivity index (χ1) is 8.58. The van der Waals surface area contributed by atoms with Crippen LogP contribution in [0.4, 0.5) is 4.39 Å². The SMILES string of the molecule is CN(Cc1ccc(F)cc1)C1COCC1C(=O)O. The van der Waals surface area contributed by atoms with Gasteiger partial charge in [-0.25, -0.2) is 4.39 Å². The highest BCUT2D eigenvalue weighted by molar-refractivity contribution is 5.71. The van der Waals surface area contributed by atoms with Crippen molar-refractivity contribution in [1.29, 1.82) is 0 Å². The predicted octanol–water partition coefficient (Wildman–Crippen LogP) is 1.36. The molecule has 1 N–H and O–H groups in total. The Labute approximate surface area is 105 Å². The third-order valence-corrected chi connectivity index (χ3v) is 3.28. The molecule has 1 aromatic rings. The maximum Gasteiger partial charge on any atom is 0.310 e. The van der Waals surface area contributed by atoms with Gasteiger partial charge in [-0.05, 0) is 24.7 Å². The Morgan fingerprint density at radius 3 is 2.72 bits per heavy atom. The van der Waals surface area contributed by atoms with E-state index < -0.39 is 11.9 Å². The van der Waals surface area contributed by atoms with E-state index in [4.69, 9.17) is 9.84 Å². The molecule has 0 aliphatic carbocycles. The Morgan fingerprint density at radius 1 is 1.44 bits per heavy atom. The van der Waals surface area contributed by atoms with Crippen LogP contribution in [-0.2, 0) is 16.1 Å². The van der Waals surface area contributed by atoms with Crippen molar-refractivity contribution in [2.45, 2.75) is 12.6 Å². The summed E-state index contributed by atoms with van der Waals surface area (Å²) in [4.78, 5) is 13.0. The number of benzene rings is 1. The number of nitrogens with zero attached hydrogens (tertiary/aromatic N) is 1. The average Bonchev–Trinajstić information content (AvgIpc) is 2.81. The van der Waals surface area contributed by atoms with E-state index in [1.54, 1.807) is 12.1 Å². The van der Waals surface area contributed by atoms with Gasteiger partial charge in [0.25, 0.3) is 0 Å². The third-order valence-electron chi connectivity index (χ3n) is 3.28. The Morgan fingerprint density at radius 2 is 2.11 bits per heavy atom. The number of carbonyl (C=O) groups is 1. The van der Waals surface area contributed by atoms with Crippen molar-refractivity contribution in [2.75, 3.05) is 20.3 Å². The average molecular weight is 253 g/mol. The highest BCUT2D eigenvalue weighted by Gasteiger charge is 2.36. The Kier molecular flexibility index (Phi) is 3.93. The van der Waals surface area contributed by atoms with Crippen molar-refractivity contribution in [3.8, 4) is 0 Å². The van der Waals surface area contributed by atoms with Gasteiger partial charge in [-0.1, -0.05) is 12.1 Å². The molecule has 0 spiro atoms.